The molecule has 1 amide bonds. The van der Waals surface area contributed by atoms with Crippen LogP contribution in [0.25, 0.3) is 10.1 Å². The molecule has 1 aliphatic rings. The molecule has 144 valence electrons. The van der Waals surface area contributed by atoms with Crippen molar-refractivity contribution in [3.63, 3.8) is 0 Å². The first-order valence-electron chi connectivity index (χ1n) is 8.67. The lowest BCUT2D eigenvalue weighted by Crippen LogP contribution is -2.27. The highest BCUT2D eigenvalue weighted by Gasteiger charge is 2.21. The number of halogens is 2. The molecule has 1 aromatic carbocycles. The Morgan fingerprint density at radius 2 is 2.19 bits per heavy atom. The van der Waals surface area contributed by atoms with Gasteiger partial charge in [-0.1, -0.05) is 11.6 Å². The highest BCUT2D eigenvalue weighted by Crippen LogP contribution is 2.29. The number of hydrogen-bond acceptors (Lipinski definition) is 5. The van der Waals surface area contributed by atoms with Crippen LogP contribution in [0.5, 0.6) is 0 Å². The number of benzene rings is 1. The predicted octanol–water partition coefficient (Wildman–Crippen LogP) is 3.75. The van der Waals surface area contributed by atoms with E-state index in [1.165, 1.54) is 0 Å². The first-order chi connectivity index (χ1) is 12.6. The zero-order chi connectivity index (χ0) is 18.1. The number of fused-ring (bicyclic) bond motifs is 1. The highest BCUT2D eigenvalue weighted by atomic mass is 35.5. The van der Waals surface area contributed by atoms with E-state index in [4.69, 9.17) is 11.6 Å². The van der Waals surface area contributed by atoms with Crippen molar-refractivity contribution in [3.05, 3.63) is 40.0 Å². The van der Waals surface area contributed by atoms with Gasteiger partial charge in [-0.25, -0.2) is 4.68 Å². The average Bonchev–Trinajstić information content (AvgIpc) is 3.19. The van der Waals surface area contributed by atoms with E-state index in [2.05, 4.69) is 20.7 Å². The molecule has 27 heavy (non-hydrogen) atoms. The monoisotopic (exact) mass is 425 g/mol. The Bertz CT molecular complexity index is 949. The fourth-order valence-corrected chi connectivity index (χ4v) is 4.41. The molecule has 0 spiro atoms. The molecule has 3 heterocycles. The minimum atomic E-state index is -0.1000. The van der Waals surface area contributed by atoms with Gasteiger partial charge in [0.2, 0.25) is 11.9 Å². The van der Waals surface area contributed by atoms with Crippen molar-refractivity contribution in [2.24, 2.45) is 7.05 Å². The van der Waals surface area contributed by atoms with Crippen LogP contribution in [0.4, 0.5) is 5.95 Å². The third-order valence-corrected chi connectivity index (χ3v) is 5.95. The molecule has 2 N–H and O–H groups in total. The minimum Gasteiger partial charge on any atom is -0.317 e. The number of nitrogens with zero attached hydrogens (tertiary/aromatic N) is 3. The van der Waals surface area contributed by atoms with Crippen molar-refractivity contribution in [1.82, 2.24) is 20.1 Å². The number of piperidine rings is 1. The van der Waals surface area contributed by atoms with Gasteiger partial charge in [0.25, 0.3) is 0 Å². The summed E-state index contributed by atoms with van der Waals surface area (Å²) in [7, 11) is 1.81. The van der Waals surface area contributed by atoms with Gasteiger partial charge >= 0.3 is 0 Å². The minimum absolute atomic E-state index is 0. The Morgan fingerprint density at radius 3 is 2.96 bits per heavy atom. The highest BCUT2D eigenvalue weighted by molar-refractivity contribution is 7.17. The molecule has 9 heteroatoms. The summed E-state index contributed by atoms with van der Waals surface area (Å²) in [6.45, 7) is 1.97. The second-order valence-electron chi connectivity index (χ2n) is 6.57. The lowest BCUT2D eigenvalue weighted by molar-refractivity contribution is -0.115. The molecular formula is C18H21Cl2N5OS. The topological polar surface area (TPSA) is 71.8 Å². The zero-order valence-corrected chi connectivity index (χ0v) is 17.3. The van der Waals surface area contributed by atoms with Gasteiger partial charge in [0.05, 0.1) is 6.42 Å². The molecule has 0 aliphatic carbocycles. The van der Waals surface area contributed by atoms with Gasteiger partial charge < -0.3 is 5.32 Å². The molecule has 3 aromatic rings. The predicted molar refractivity (Wildman–Crippen MR) is 112 cm³/mol. The fourth-order valence-electron chi connectivity index (χ4n) is 3.30. The molecule has 1 saturated heterocycles. The number of carbonyl (C=O) groups excluding carboxylic acids is 1. The molecule has 0 radical (unpaired) electrons. The molecule has 0 unspecified atom stereocenters. The molecule has 4 rings (SSSR count). The molecule has 1 aliphatic heterocycles. The van der Waals surface area contributed by atoms with Crippen LogP contribution in [0.1, 0.15) is 30.1 Å². The lowest BCUT2D eigenvalue weighted by Gasteiger charge is -2.19. The third-order valence-electron chi connectivity index (χ3n) is 4.70. The van der Waals surface area contributed by atoms with Crippen LogP contribution in [0.3, 0.4) is 0 Å². The van der Waals surface area contributed by atoms with Crippen molar-refractivity contribution in [3.8, 4) is 0 Å². The molecular weight excluding hydrogens is 405 g/mol. The number of aryl methyl sites for hydroxylation is 1. The number of rotatable bonds is 4. The Morgan fingerprint density at radius 1 is 1.41 bits per heavy atom. The summed E-state index contributed by atoms with van der Waals surface area (Å²) in [6.07, 6.45) is 2.34. The van der Waals surface area contributed by atoms with E-state index in [-0.39, 0.29) is 24.7 Å². The van der Waals surface area contributed by atoms with E-state index in [1.807, 2.05) is 30.6 Å². The SMILES string of the molecule is Cl.Cn1nc(C2CCNCC2)nc1NC(=O)Cc1csc2ccc(Cl)cc12. The Labute approximate surface area is 172 Å². The van der Waals surface area contributed by atoms with Crippen LogP contribution in [0, 0.1) is 0 Å². The molecule has 0 atom stereocenters. The van der Waals surface area contributed by atoms with Crippen molar-refractivity contribution in [2.45, 2.75) is 25.2 Å². The fraction of sp³-hybridized carbons (Fsp3) is 0.389. The van der Waals surface area contributed by atoms with Crippen LogP contribution in [-0.4, -0.2) is 33.8 Å². The van der Waals surface area contributed by atoms with E-state index in [0.717, 1.165) is 47.4 Å². The van der Waals surface area contributed by atoms with Gasteiger partial charge in [0, 0.05) is 22.7 Å². The molecule has 0 bridgehead atoms. The number of anilines is 1. The Kier molecular flexibility index (Phi) is 6.37. The maximum Gasteiger partial charge on any atom is 0.231 e. The summed E-state index contributed by atoms with van der Waals surface area (Å²) in [5.74, 6) is 1.58. The summed E-state index contributed by atoms with van der Waals surface area (Å²) in [6, 6.07) is 5.76. The van der Waals surface area contributed by atoms with Gasteiger partial charge in [-0.15, -0.1) is 23.7 Å². The number of amides is 1. The van der Waals surface area contributed by atoms with Crippen molar-refractivity contribution in [2.75, 3.05) is 18.4 Å². The molecule has 2 aromatic heterocycles. The van der Waals surface area contributed by atoms with Crippen LogP contribution in [-0.2, 0) is 18.3 Å². The number of aromatic nitrogens is 3. The number of hydrogen-bond donors (Lipinski definition) is 2. The van der Waals surface area contributed by atoms with Crippen LogP contribution >= 0.6 is 35.3 Å². The van der Waals surface area contributed by atoms with E-state index in [0.29, 0.717) is 16.9 Å². The standard InChI is InChI=1S/C18H20ClN5OS.ClH/c1-24-18(22-17(23-24)11-4-6-20-7-5-11)21-16(25)8-12-10-26-15-3-2-13(19)9-14(12)15;/h2-3,9-11,20H,4-8H2,1H3,(H,21,22,23,25);1H. The number of nitrogens with one attached hydrogen (secondary N) is 2. The smallest absolute Gasteiger partial charge is 0.231 e. The molecule has 1 fully saturated rings. The van der Waals surface area contributed by atoms with E-state index < -0.39 is 0 Å². The van der Waals surface area contributed by atoms with Crippen molar-refractivity contribution in [1.29, 1.82) is 0 Å². The summed E-state index contributed by atoms with van der Waals surface area (Å²) >= 11 is 7.71. The first kappa shape index (κ1) is 20.1. The van der Waals surface area contributed by atoms with Gasteiger partial charge in [0.15, 0.2) is 5.82 Å². The maximum absolute atomic E-state index is 12.5. The van der Waals surface area contributed by atoms with Crippen LogP contribution in [0.15, 0.2) is 23.6 Å². The van der Waals surface area contributed by atoms with E-state index in [9.17, 15) is 4.79 Å². The van der Waals surface area contributed by atoms with Crippen LogP contribution in [0.2, 0.25) is 5.02 Å². The normalized spacial score (nSPS) is 14.9. The van der Waals surface area contributed by atoms with Crippen molar-refractivity contribution >= 4 is 57.3 Å². The number of carbonyl (C=O) groups is 1. The summed E-state index contributed by atoms with van der Waals surface area (Å²) in [5.41, 5.74) is 0.978. The van der Waals surface area contributed by atoms with Gasteiger partial charge in [-0.2, -0.15) is 10.1 Å². The maximum atomic E-state index is 12.5. The molecule has 6 nitrogen and oxygen atoms in total. The summed E-state index contributed by atoms with van der Waals surface area (Å²) in [4.78, 5) is 17.1. The second kappa shape index (κ2) is 8.56. The summed E-state index contributed by atoms with van der Waals surface area (Å²) < 4.78 is 2.78. The van der Waals surface area contributed by atoms with E-state index in [1.54, 1.807) is 16.0 Å². The largest absolute Gasteiger partial charge is 0.317 e. The van der Waals surface area contributed by atoms with Crippen LogP contribution < -0.4 is 10.6 Å². The van der Waals surface area contributed by atoms with Gasteiger partial charge in [-0.3, -0.25) is 10.1 Å². The average molecular weight is 426 g/mol. The van der Waals surface area contributed by atoms with Crippen molar-refractivity contribution < 1.29 is 4.79 Å². The summed E-state index contributed by atoms with van der Waals surface area (Å²) in [5, 5.41) is 14.5. The Hall–Kier alpha value is -1.67. The number of thiophene rings is 1. The van der Waals surface area contributed by atoms with Gasteiger partial charge in [0.1, 0.15) is 0 Å². The molecule has 0 saturated carbocycles. The van der Waals surface area contributed by atoms with Gasteiger partial charge in [-0.05, 0) is 60.5 Å². The quantitative estimate of drug-likeness (QED) is 0.667. The lowest BCUT2D eigenvalue weighted by atomic mass is 9.98. The van der Waals surface area contributed by atoms with E-state index >= 15 is 0 Å². The Balaban J connectivity index is 0.00000210. The third kappa shape index (κ3) is 4.43. The first-order valence-corrected chi connectivity index (χ1v) is 9.93. The second-order valence-corrected chi connectivity index (χ2v) is 7.92. The zero-order valence-electron chi connectivity index (χ0n) is 14.9.